The van der Waals surface area contributed by atoms with Crippen LogP contribution in [0.2, 0.25) is 0 Å². The SMILES string of the molecule is NCc1ccn2cc(-c3ccc(OCF)cc3)nc2c1. The number of rotatable bonds is 4. The second-order valence-corrected chi connectivity index (χ2v) is 4.41. The minimum Gasteiger partial charge on any atom is -0.463 e. The Bertz CT molecular complexity index is 722. The number of benzene rings is 1. The Balaban J connectivity index is 1.96. The molecule has 0 aliphatic rings. The molecule has 102 valence electrons. The molecule has 0 radical (unpaired) electrons. The number of imidazole rings is 1. The Morgan fingerprint density at radius 2 is 2.00 bits per heavy atom. The van der Waals surface area contributed by atoms with Crippen LogP contribution in [-0.2, 0) is 6.54 Å². The lowest BCUT2D eigenvalue weighted by Crippen LogP contribution is -1.96. The van der Waals surface area contributed by atoms with E-state index in [0.29, 0.717) is 12.3 Å². The van der Waals surface area contributed by atoms with Crippen molar-refractivity contribution in [1.29, 1.82) is 0 Å². The molecule has 0 spiro atoms. The van der Waals surface area contributed by atoms with Gasteiger partial charge in [-0.2, -0.15) is 0 Å². The second-order valence-electron chi connectivity index (χ2n) is 4.41. The maximum absolute atomic E-state index is 12.1. The Kier molecular flexibility index (Phi) is 3.35. The summed E-state index contributed by atoms with van der Waals surface area (Å²) < 4.78 is 18.8. The number of aromatic nitrogens is 2. The second kappa shape index (κ2) is 5.30. The molecule has 0 fully saturated rings. The van der Waals surface area contributed by atoms with E-state index in [1.807, 2.05) is 41.1 Å². The molecule has 0 saturated carbocycles. The maximum atomic E-state index is 12.1. The average Bonchev–Trinajstić information content (AvgIpc) is 2.91. The predicted molar refractivity (Wildman–Crippen MR) is 75.1 cm³/mol. The number of alkyl halides is 1. The van der Waals surface area contributed by atoms with Crippen molar-refractivity contribution in [2.45, 2.75) is 6.54 Å². The van der Waals surface area contributed by atoms with Crippen LogP contribution in [0.1, 0.15) is 5.56 Å². The quantitative estimate of drug-likeness (QED) is 0.793. The minimum atomic E-state index is -0.824. The van der Waals surface area contributed by atoms with Gasteiger partial charge in [-0.05, 0) is 42.0 Å². The third kappa shape index (κ3) is 2.35. The molecular formula is C15H14FN3O. The number of hydrogen-bond donors (Lipinski definition) is 1. The van der Waals surface area contributed by atoms with Crippen molar-refractivity contribution in [2.24, 2.45) is 5.73 Å². The summed E-state index contributed by atoms with van der Waals surface area (Å²) in [4.78, 5) is 4.56. The zero-order valence-electron chi connectivity index (χ0n) is 10.8. The minimum absolute atomic E-state index is 0.494. The van der Waals surface area contributed by atoms with E-state index in [0.717, 1.165) is 22.5 Å². The lowest BCUT2D eigenvalue weighted by atomic mass is 10.2. The van der Waals surface area contributed by atoms with Crippen LogP contribution in [0.15, 0.2) is 48.8 Å². The van der Waals surface area contributed by atoms with Crippen LogP contribution < -0.4 is 10.5 Å². The topological polar surface area (TPSA) is 52.5 Å². The van der Waals surface area contributed by atoms with Gasteiger partial charge in [0.2, 0.25) is 6.86 Å². The van der Waals surface area contributed by atoms with Gasteiger partial charge < -0.3 is 14.9 Å². The Hall–Kier alpha value is -2.40. The van der Waals surface area contributed by atoms with E-state index < -0.39 is 6.86 Å². The van der Waals surface area contributed by atoms with Gasteiger partial charge in [-0.3, -0.25) is 0 Å². The van der Waals surface area contributed by atoms with E-state index in [-0.39, 0.29) is 0 Å². The average molecular weight is 271 g/mol. The molecule has 1 aromatic carbocycles. The first-order valence-corrected chi connectivity index (χ1v) is 6.27. The molecule has 0 atom stereocenters. The fourth-order valence-electron chi connectivity index (χ4n) is 2.08. The van der Waals surface area contributed by atoms with Gasteiger partial charge in [-0.25, -0.2) is 9.37 Å². The Labute approximate surface area is 115 Å². The van der Waals surface area contributed by atoms with Gasteiger partial charge in [0, 0.05) is 24.5 Å². The van der Waals surface area contributed by atoms with E-state index in [1.165, 1.54) is 0 Å². The van der Waals surface area contributed by atoms with Crippen molar-refractivity contribution in [2.75, 3.05) is 6.86 Å². The summed E-state index contributed by atoms with van der Waals surface area (Å²) >= 11 is 0. The summed E-state index contributed by atoms with van der Waals surface area (Å²) in [5.41, 5.74) is 9.32. The highest BCUT2D eigenvalue weighted by Crippen LogP contribution is 2.22. The smallest absolute Gasteiger partial charge is 0.228 e. The van der Waals surface area contributed by atoms with Gasteiger partial charge in [0.25, 0.3) is 0 Å². The first-order chi connectivity index (χ1) is 9.80. The molecule has 0 unspecified atom stereocenters. The van der Waals surface area contributed by atoms with Crippen molar-refractivity contribution in [1.82, 2.24) is 9.38 Å². The first-order valence-electron chi connectivity index (χ1n) is 6.27. The van der Waals surface area contributed by atoms with Crippen LogP contribution in [0.3, 0.4) is 0 Å². The summed E-state index contributed by atoms with van der Waals surface area (Å²) in [5.74, 6) is 0.505. The molecule has 2 heterocycles. The number of pyridine rings is 1. The number of halogens is 1. The summed E-state index contributed by atoms with van der Waals surface area (Å²) in [6.07, 6.45) is 3.88. The number of nitrogens with zero attached hydrogens (tertiary/aromatic N) is 2. The first kappa shape index (κ1) is 12.6. The molecule has 0 aliphatic heterocycles. The highest BCUT2D eigenvalue weighted by atomic mass is 19.1. The Morgan fingerprint density at radius 1 is 1.20 bits per heavy atom. The fourth-order valence-corrected chi connectivity index (χ4v) is 2.08. The van der Waals surface area contributed by atoms with Gasteiger partial charge in [-0.1, -0.05) is 0 Å². The third-order valence-corrected chi connectivity index (χ3v) is 3.13. The number of fused-ring (bicyclic) bond motifs is 1. The van der Waals surface area contributed by atoms with Crippen molar-refractivity contribution in [3.63, 3.8) is 0 Å². The molecule has 20 heavy (non-hydrogen) atoms. The lowest BCUT2D eigenvalue weighted by molar-refractivity contribution is 0.192. The summed E-state index contributed by atoms with van der Waals surface area (Å²) in [6.45, 7) is -0.330. The summed E-state index contributed by atoms with van der Waals surface area (Å²) in [5, 5.41) is 0. The van der Waals surface area contributed by atoms with E-state index in [1.54, 1.807) is 12.1 Å². The molecule has 4 nitrogen and oxygen atoms in total. The van der Waals surface area contributed by atoms with Crippen molar-refractivity contribution >= 4 is 5.65 Å². The molecule has 5 heteroatoms. The lowest BCUT2D eigenvalue weighted by Gasteiger charge is -2.01. The van der Waals surface area contributed by atoms with E-state index >= 15 is 0 Å². The normalized spacial score (nSPS) is 10.9. The number of ether oxygens (including phenoxy) is 1. The fraction of sp³-hybridized carbons (Fsp3) is 0.133. The third-order valence-electron chi connectivity index (χ3n) is 3.13. The molecule has 0 aliphatic carbocycles. The molecule has 0 bridgehead atoms. The Morgan fingerprint density at radius 3 is 2.70 bits per heavy atom. The van der Waals surface area contributed by atoms with Crippen molar-refractivity contribution in [3.8, 4) is 17.0 Å². The van der Waals surface area contributed by atoms with E-state index in [4.69, 9.17) is 10.5 Å². The summed E-state index contributed by atoms with van der Waals surface area (Å²) in [6, 6.07) is 11.1. The van der Waals surface area contributed by atoms with Crippen LogP contribution >= 0.6 is 0 Å². The maximum Gasteiger partial charge on any atom is 0.228 e. The van der Waals surface area contributed by atoms with E-state index in [9.17, 15) is 4.39 Å². The molecule has 0 amide bonds. The van der Waals surface area contributed by atoms with Gasteiger partial charge in [0.05, 0.1) is 5.69 Å². The monoisotopic (exact) mass is 271 g/mol. The zero-order valence-corrected chi connectivity index (χ0v) is 10.8. The highest BCUT2D eigenvalue weighted by Gasteiger charge is 2.05. The van der Waals surface area contributed by atoms with Crippen LogP contribution in [0.4, 0.5) is 4.39 Å². The van der Waals surface area contributed by atoms with Crippen LogP contribution in [0, 0.1) is 0 Å². The molecule has 3 rings (SSSR count). The van der Waals surface area contributed by atoms with Crippen molar-refractivity contribution in [3.05, 3.63) is 54.4 Å². The van der Waals surface area contributed by atoms with Gasteiger partial charge >= 0.3 is 0 Å². The van der Waals surface area contributed by atoms with Gasteiger partial charge in [0.1, 0.15) is 11.4 Å². The standard InChI is InChI=1S/C15H14FN3O/c16-10-20-13-3-1-12(2-4-13)14-9-19-6-5-11(8-17)7-15(19)18-14/h1-7,9H,8,10,17H2. The molecule has 2 aromatic heterocycles. The summed E-state index contributed by atoms with van der Waals surface area (Å²) in [7, 11) is 0. The molecule has 2 N–H and O–H groups in total. The van der Waals surface area contributed by atoms with Gasteiger partial charge in [0.15, 0.2) is 0 Å². The van der Waals surface area contributed by atoms with Crippen LogP contribution in [-0.4, -0.2) is 16.2 Å². The predicted octanol–water partition coefficient (Wildman–Crippen LogP) is 2.77. The van der Waals surface area contributed by atoms with Crippen LogP contribution in [0.5, 0.6) is 5.75 Å². The zero-order chi connectivity index (χ0) is 13.9. The molecule has 0 saturated heterocycles. The van der Waals surface area contributed by atoms with E-state index in [2.05, 4.69) is 4.98 Å². The number of nitrogens with two attached hydrogens (primary N) is 1. The number of hydrogen-bond acceptors (Lipinski definition) is 3. The molecule has 3 aromatic rings. The largest absolute Gasteiger partial charge is 0.463 e. The van der Waals surface area contributed by atoms with Crippen LogP contribution in [0.25, 0.3) is 16.9 Å². The van der Waals surface area contributed by atoms with Gasteiger partial charge in [-0.15, -0.1) is 0 Å². The molecular weight excluding hydrogens is 257 g/mol. The van der Waals surface area contributed by atoms with Crippen molar-refractivity contribution < 1.29 is 9.13 Å². The highest BCUT2D eigenvalue weighted by molar-refractivity contribution is 5.63.